The second kappa shape index (κ2) is 5.15. The molecule has 1 aromatic carbocycles. The van der Waals surface area contributed by atoms with E-state index in [1.54, 1.807) is 20.2 Å². The first kappa shape index (κ1) is 14.4. The molecule has 0 amide bonds. The van der Waals surface area contributed by atoms with Gasteiger partial charge >= 0.3 is 6.18 Å². The molecule has 0 fully saturated rings. The van der Waals surface area contributed by atoms with E-state index in [0.717, 1.165) is 34.8 Å². The topological polar surface area (TPSA) is 13.1 Å². The Bertz CT molecular complexity index is 636. The van der Waals surface area contributed by atoms with Crippen LogP contribution in [-0.2, 0) is 13.2 Å². The number of halogens is 3. The molecule has 2 rings (SSSR count). The summed E-state index contributed by atoms with van der Waals surface area (Å²) in [6.07, 6.45) is -3.23. The Balaban J connectivity index is 2.49. The summed E-state index contributed by atoms with van der Waals surface area (Å²) in [6, 6.07) is 8.07. The average molecular weight is 282 g/mol. The van der Waals surface area contributed by atoms with Gasteiger partial charge in [0.25, 0.3) is 0 Å². The smallest absolute Gasteiger partial charge is 0.422 e. The number of alkyl halides is 3. The van der Waals surface area contributed by atoms with Gasteiger partial charge in [0, 0.05) is 11.6 Å². The number of aromatic nitrogens is 1. The van der Waals surface area contributed by atoms with Crippen molar-refractivity contribution in [3.63, 3.8) is 0 Å². The number of aryl methyl sites for hydroxylation is 2. The van der Waals surface area contributed by atoms with Crippen LogP contribution in [0.4, 0.5) is 13.2 Å². The number of pyridine rings is 1. The highest BCUT2D eigenvalue weighted by molar-refractivity contribution is 5.62. The first-order valence-electron chi connectivity index (χ1n) is 6.05. The molecule has 0 bridgehead atoms. The second-order valence-corrected chi connectivity index (χ2v) is 4.59. The highest BCUT2D eigenvalue weighted by atomic mass is 19.4. The lowest BCUT2D eigenvalue weighted by atomic mass is 10.0. The van der Waals surface area contributed by atoms with Crippen LogP contribution in [0, 0.1) is 6.92 Å². The molecule has 0 aliphatic rings. The normalized spacial score (nSPS) is 11.5. The van der Waals surface area contributed by atoms with Crippen LogP contribution in [-0.4, -0.2) is 7.11 Å². The van der Waals surface area contributed by atoms with Crippen molar-refractivity contribution in [2.24, 2.45) is 7.05 Å². The first-order chi connectivity index (χ1) is 9.32. The van der Waals surface area contributed by atoms with E-state index >= 15 is 0 Å². The summed E-state index contributed by atoms with van der Waals surface area (Å²) in [6.45, 7) is 1.90. The second-order valence-electron chi connectivity index (χ2n) is 4.59. The maximum Gasteiger partial charge on any atom is 0.422 e. The van der Waals surface area contributed by atoms with Crippen LogP contribution in [0.15, 0.2) is 36.5 Å². The summed E-state index contributed by atoms with van der Waals surface area (Å²) in [4.78, 5) is 0. The minimum absolute atomic E-state index is 0.657. The van der Waals surface area contributed by atoms with E-state index in [1.807, 2.05) is 19.1 Å². The van der Waals surface area contributed by atoms with Crippen molar-refractivity contribution in [2.45, 2.75) is 13.1 Å². The van der Waals surface area contributed by atoms with Crippen molar-refractivity contribution in [3.8, 4) is 17.0 Å². The fourth-order valence-corrected chi connectivity index (χ4v) is 2.11. The van der Waals surface area contributed by atoms with Crippen molar-refractivity contribution < 1.29 is 22.5 Å². The quantitative estimate of drug-likeness (QED) is 0.768. The highest BCUT2D eigenvalue weighted by Gasteiger charge is 2.33. The lowest BCUT2D eigenvalue weighted by Crippen LogP contribution is -2.32. The standard InChI is InChI=1S/C15H15F3NO/c1-10-8-12(20-3)5-6-13(10)14-7-4-11(9-19(14)2)15(16,17)18/h4-9H,1-3H3/q+1. The summed E-state index contributed by atoms with van der Waals surface area (Å²) in [5.41, 5.74) is 1.88. The SMILES string of the molecule is COc1ccc(-c2ccc(C(F)(F)F)c[n+]2C)c(C)c1. The molecule has 0 saturated heterocycles. The van der Waals surface area contributed by atoms with Gasteiger partial charge in [-0.1, -0.05) is 0 Å². The van der Waals surface area contributed by atoms with Gasteiger partial charge in [0.15, 0.2) is 6.20 Å². The van der Waals surface area contributed by atoms with Crippen molar-refractivity contribution in [2.75, 3.05) is 7.11 Å². The third-order valence-corrected chi connectivity index (χ3v) is 3.17. The van der Waals surface area contributed by atoms with E-state index in [-0.39, 0.29) is 0 Å². The summed E-state index contributed by atoms with van der Waals surface area (Å²) in [7, 11) is 3.18. The molecule has 0 saturated carbocycles. The summed E-state index contributed by atoms with van der Waals surface area (Å²) >= 11 is 0. The van der Waals surface area contributed by atoms with Crippen molar-refractivity contribution in [3.05, 3.63) is 47.7 Å². The van der Waals surface area contributed by atoms with E-state index in [2.05, 4.69) is 0 Å². The number of benzene rings is 1. The minimum atomic E-state index is -4.33. The maximum absolute atomic E-state index is 12.7. The zero-order chi connectivity index (χ0) is 14.9. The Morgan fingerprint density at radius 2 is 1.80 bits per heavy atom. The molecule has 1 heterocycles. The summed E-state index contributed by atoms with van der Waals surface area (Å²) < 4.78 is 44.6. The molecule has 0 aliphatic carbocycles. The summed E-state index contributed by atoms with van der Waals surface area (Å²) in [5, 5.41) is 0. The maximum atomic E-state index is 12.7. The first-order valence-corrected chi connectivity index (χ1v) is 6.05. The summed E-state index contributed by atoms with van der Waals surface area (Å²) in [5.74, 6) is 0.723. The van der Waals surface area contributed by atoms with Gasteiger partial charge in [0.2, 0.25) is 5.69 Å². The van der Waals surface area contributed by atoms with Crippen LogP contribution in [0.3, 0.4) is 0 Å². The third-order valence-electron chi connectivity index (χ3n) is 3.17. The predicted molar refractivity (Wildman–Crippen MR) is 69.3 cm³/mol. The van der Waals surface area contributed by atoms with Crippen LogP contribution in [0.5, 0.6) is 5.75 Å². The predicted octanol–water partition coefficient (Wildman–Crippen LogP) is 3.51. The third kappa shape index (κ3) is 2.76. The Hall–Kier alpha value is -2.04. The van der Waals surface area contributed by atoms with E-state index in [9.17, 15) is 13.2 Å². The van der Waals surface area contributed by atoms with Crippen LogP contribution in [0.1, 0.15) is 11.1 Å². The van der Waals surface area contributed by atoms with Gasteiger partial charge in [-0.2, -0.15) is 13.2 Å². The zero-order valence-corrected chi connectivity index (χ0v) is 11.5. The molecule has 106 valence electrons. The molecular formula is C15H15F3NO+. The Morgan fingerprint density at radius 3 is 2.30 bits per heavy atom. The average Bonchev–Trinajstić information content (AvgIpc) is 2.38. The van der Waals surface area contributed by atoms with Crippen LogP contribution < -0.4 is 9.30 Å². The Morgan fingerprint density at radius 1 is 1.10 bits per heavy atom. The van der Waals surface area contributed by atoms with Crippen molar-refractivity contribution in [1.82, 2.24) is 0 Å². The van der Waals surface area contributed by atoms with Gasteiger partial charge in [0.1, 0.15) is 18.4 Å². The molecule has 0 spiro atoms. The van der Waals surface area contributed by atoms with Gasteiger partial charge in [-0.25, -0.2) is 4.57 Å². The largest absolute Gasteiger partial charge is 0.497 e. The van der Waals surface area contributed by atoms with Gasteiger partial charge in [0.05, 0.1) is 7.11 Å². The molecule has 2 nitrogen and oxygen atoms in total. The number of hydrogen-bond donors (Lipinski definition) is 0. The van der Waals surface area contributed by atoms with Gasteiger partial charge < -0.3 is 4.74 Å². The Kier molecular flexibility index (Phi) is 3.70. The lowest BCUT2D eigenvalue weighted by Gasteiger charge is -2.09. The Labute approximate surface area is 115 Å². The number of methoxy groups -OCH3 is 1. The molecule has 20 heavy (non-hydrogen) atoms. The number of hydrogen-bond acceptors (Lipinski definition) is 1. The van der Waals surface area contributed by atoms with Crippen LogP contribution in [0.2, 0.25) is 0 Å². The fraction of sp³-hybridized carbons (Fsp3) is 0.267. The monoisotopic (exact) mass is 282 g/mol. The number of rotatable bonds is 2. The van der Waals surface area contributed by atoms with Gasteiger partial charge in [-0.05, 0) is 36.8 Å². The zero-order valence-electron chi connectivity index (χ0n) is 11.5. The molecule has 0 N–H and O–H groups in total. The molecule has 0 unspecified atom stereocenters. The fourth-order valence-electron chi connectivity index (χ4n) is 2.11. The van der Waals surface area contributed by atoms with Crippen LogP contribution in [0.25, 0.3) is 11.3 Å². The molecule has 0 atom stereocenters. The minimum Gasteiger partial charge on any atom is -0.497 e. The number of ether oxygens (including phenoxy) is 1. The lowest BCUT2D eigenvalue weighted by molar-refractivity contribution is -0.661. The molecule has 5 heteroatoms. The van der Waals surface area contributed by atoms with Crippen molar-refractivity contribution in [1.29, 1.82) is 0 Å². The molecular weight excluding hydrogens is 267 g/mol. The highest BCUT2D eigenvalue weighted by Crippen LogP contribution is 2.30. The van der Waals surface area contributed by atoms with E-state index < -0.39 is 11.7 Å². The van der Waals surface area contributed by atoms with E-state index in [4.69, 9.17) is 4.74 Å². The molecule has 0 aliphatic heterocycles. The van der Waals surface area contributed by atoms with E-state index in [0.29, 0.717) is 0 Å². The van der Waals surface area contributed by atoms with Gasteiger partial charge in [-0.15, -0.1) is 0 Å². The van der Waals surface area contributed by atoms with Crippen LogP contribution >= 0.6 is 0 Å². The van der Waals surface area contributed by atoms with Gasteiger partial charge in [-0.3, -0.25) is 0 Å². The molecule has 2 aromatic rings. The molecule has 1 aromatic heterocycles. The van der Waals surface area contributed by atoms with E-state index in [1.165, 1.54) is 10.6 Å². The molecule has 0 radical (unpaired) electrons. The van der Waals surface area contributed by atoms with Crippen molar-refractivity contribution >= 4 is 0 Å². The number of nitrogens with zero attached hydrogens (tertiary/aromatic N) is 1.